The van der Waals surface area contributed by atoms with Gasteiger partial charge in [-0.25, -0.2) is 4.79 Å². The number of carboxylic acids is 1. The molecule has 0 radical (unpaired) electrons. The minimum Gasteiger partial charge on any atom is -0.480 e. The number of nitrogens with zero attached hydrogens (tertiary/aromatic N) is 2. The number of aryl methyl sites for hydroxylation is 1. The highest BCUT2D eigenvalue weighted by atomic mass is 16.4. The molecule has 1 aromatic rings. The van der Waals surface area contributed by atoms with E-state index in [1.807, 2.05) is 38.1 Å². The smallest absolute Gasteiger partial charge is 0.323 e. The maximum Gasteiger partial charge on any atom is 0.323 e. The highest BCUT2D eigenvalue weighted by Gasteiger charge is 2.16. The lowest BCUT2D eigenvalue weighted by molar-refractivity contribution is -0.137. The number of anilines is 1. The molecule has 0 spiro atoms. The van der Waals surface area contributed by atoms with Crippen molar-refractivity contribution in [3.05, 3.63) is 29.8 Å². The molecule has 0 saturated carbocycles. The first kappa shape index (κ1) is 16.0. The molecule has 0 fully saturated rings. The van der Waals surface area contributed by atoms with Crippen molar-refractivity contribution in [2.24, 2.45) is 0 Å². The number of benzene rings is 1. The van der Waals surface area contributed by atoms with Gasteiger partial charge in [0.15, 0.2) is 0 Å². The Bertz CT molecular complexity index is 457. The average Bonchev–Trinajstić information content (AvgIpc) is 2.36. The number of hydrogen-bond acceptors (Lipinski definition) is 3. The molecule has 0 saturated heterocycles. The standard InChI is InChI=1S/C14H21N3O3/c1-11-4-6-12(7-5-11)15-14(20)17(10-13(18)19)9-8-16(2)3/h4-7H,8-10H2,1-3H3,(H,15,20)(H,18,19). The molecule has 0 unspecified atom stereocenters. The SMILES string of the molecule is Cc1ccc(NC(=O)N(CCN(C)C)CC(=O)O)cc1. The third-order valence-corrected chi connectivity index (χ3v) is 2.73. The molecule has 0 bridgehead atoms. The largest absolute Gasteiger partial charge is 0.480 e. The van der Waals surface area contributed by atoms with E-state index < -0.39 is 12.0 Å². The summed E-state index contributed by atoms with van der Waals surface area (Å²) in [6.07, 6.45) is 0. The van der Waals surface area contributed by atoms with E-state index in [4.69, 9.17) is 5.11 Å². The molecule has 1 rings (SSSR count). The Morgan fingerprint density at radius 2 is 1.75 bits per heavy atom. The Hall–Kier alpha value is -2.08. The van der Waals surface area contributed by atoms with Gasteiger partial charge < -0.3 is 20.2 Å². The lowest BCUT2D eigenvalue weighted by Gasteiger charge is -2.23. The van der Waals surface area contributed by atoms with Crippen molar-refractivity contribution in [1.82, 2.24) is 9.80 Å². The van der Waals surface area contributed by atoms with Gasteiger partial charge in [0.25, 0.3) is 0 Å². The Morgan fingerprint density at radius 3 is 2.25 bits per heavy atom. The molecule has 0 heterocycles. The Balaban J connectivity index is 2.66. The zero-order valence-electron chi connectivity index (χ0n) is 12.1. The van der Waals surface area contributed by atoms with Crippen LogP contribution >= 0.6 is 0 Å². The second-order valence-electron chi connectivity index (χ2n) is 4.91. The van der Waals surface area contributed by atoms with Gasteiger partial charge in [-0.15, -0.1) is 0 Å². The van der Waals surface area contributed by atoms with E-state index in [1.165, 1.54) is 4.90 Å². The van der Waals surface area contributed by atoms with Crippen molar-refractivity contribution in [2.75, 3.05) is 39.0 Å². The second kappa shape index (κ2) is 7.49. The van der Waals surface area contributed by atoms with Crippen molar-refractivity contribution < 1.29 is 14.7 Å². The fourth-order valence-corrected chi connectivity index (χ4v) is 1.58. The lowest BCUT2D eigenvalue weighted by Crippen LogP contribution is -2.42. The highest BCUT2D eigenvalue weighted by molar-refractivity contribution is 5.91. The summed E-state index contributed by atoms with van der Waals surface area (Å²) in [6.45, 7) is 2.61. The molecular formula is C14H21N3O3. The van der Waals surface area contributed by atoms with E-state index >= 15 is 0 Å². The van der Waals surface area contributed by atoms with Gasteiger partial charge in [-0.3, -0.25) is 4.79 Å². The first-order valence-corrected chi connectivity index (χ1v) is 6.37. The summed E-state index contributed by atoms with van der Waals surface area (Å²) in [5, 5.41) is 11.6. The van der Waals surface area contributed by atoms with Crippen molar-refractivity contribution in [2.45, 2.75) is 6.92 Å². The van der Waals surface area contributed by atoms with E-state index in [9.17, 15) is 9.59 Å². The summed E-state index contributed by atoms with van der Waals surface area (Å²) in [5.74, 6) is -1.03. The monoisotopic (exact) mass is 279 g/mol. The molecule has 1 aromatic carbocycles. The molecular weight excluding hydrogens is 258 g/mol. The van der Waals surface area contributed by atoms with E-state index in [-0.39, 0.29) is 6.54 Å². The number of carbonyl (C=O) groups is 2. The lowest BCUT2D eigenvalue weighted by atomic mass is 10.2. The van der Waals surface area contributed by atoms with E-state index in [0.717, 1.165) is 5.56 Å². The summed E-state index contributed by atoms with van der Waals surface area (Å²) < 4.78 is 0. The summed E-state index contributed by atoms with van der Waals surface area (Å²) in [7, 11) is 3.74. The fraction of sp³-hybridized carbons (Fsp3) is 0.429. The maximum absolute atomic E-state index is 12.1. The first-order valence-electron chi connectivity index (χ1n) is 6.37. The van der Waals surface area contributed by atoms with Crippen LogP contribution in [0.5, 0.6) is 0 Å². The van der Waals surface area contributed by atoms with Gasteiger partial charge in [0, 0.05) is 18.8 Å². The Kier molecular flexibility index (Phi) is 5.99. The van der Waals surface area contributed by atoms with Crippen LogP contribution < -0.4 is 5.32 Å². The fourth-order valence-electron chi connectivity index (χ4n) is 1.58. The normalized spacial score (nSPS) is 10.4. The molecule has 2 N–H and O–H groups in total. The molecule has 2 amide bonds. The van der Waals surface area contributed by atoms with Crippen LogP contribution in [-0.2, 0) is 4.79 Å². The van der Waals surface area contributed by atoms with Crippen molar-refractivity contribution in [1.29, 1.82) is 0 Å². The zero-order chi connectivity index (χ0) is 15.1. The number of urea groups is 1. The van der Waals surface area contributed by atoms with Crippen LogP contribution in [0.2, 0.25) is 0 Å². The molecule has 0 aliphatic heterocycles. The number of aliphatic carboxylic acids is 1. The van der Waals surface area contributed by atoms with Gasteiger partial charge in [0.1, 0.15) is 6.54 Å². The van der Waals surface area contributed by atoms with Crippen LogP contribution in [0, 0.1) is 6.92 Å². The van der Waals surface area contributed by atoms with Crippen molar-refractivity contribution in [3.8, 4) is 0 Å². The minimum absolute atomic E-state index is 0.314. The number of carbonyl (C=O) groups excluding carboxylic acids is 1. The zero-order valence-corrected chi connectivity index (χ0v) is 12.1. The number of carboxylic acid groups (broad SMARTS) is 1. The van der Waals surface area contributed by atoms with Crippen molar-refractivity contribution in [3.63, 3.8) is 0 Å². The van der Waals surface area contributed by atoms with Gasteiger partial charge in [-0.1, -0.05) is 17.7 Å². The minimum atomic E-state index is -1.03. The summed E-state index contributed by atoms with van der Waals surface area (Å²) in [5.41, 5.74) is 1.75. The van der Waals surface area contributed by atoms with Crippen molar-refractivity contribution >= 4 is 17.7 Å². The molecule has 0 atom stereocenters. The number of hydrogen-bond donors (Lipinski definition) is 2. The van der Waals surface area contributed by atoms with Crippen LogP contribution in [0.25, 0.3) is 0 Å². The first-order chi connectivity index (χ1) is 9.38. The van der Waals surface area contributed by atoms with Gasteiger partial charge in [0.05, 0.1) is 0 Å². The molecule has 0 aromatic heterocycles. The summed E-state index contributed by atoms with van der Waals surface area (Å²) in [6, 6.07) is 6.95. The molecule has 6 heteroatoms. The van der Waals surface area contributed by atoms with E-state index in [2.05, 4.69) is 5.32 Å². The number of likely N-dealkylation sites (N-methyl/N-ethyl adjacent to an activating group) is 1. The third kappa shape index (κ3) is 5.71. The molecule has 20 heavy (non-hydrogen) atoms. The number of amides is 2. The van der Waals surface area contributed by atoms with Gasteiger partial charge in [-0.05, 0) is 33.2 Å². The van der Waals surface area contributed by atoms with Crippen LogP contribution in [0.15, 0.2) is 24.3 Å². The number of rotatable bonds is 6. The quantitative estimate of drug-likeness (QED) is 0.827. The summed E-state index contributed by atoms with van der Waals surface area (Å²) >= 11 is 0. The van der Waals surface area contributed by atoms with Gasteiger partial charge in [0.2, 0.25) is 0 Å². The maximum atomic E-state index is 12.1. The van der Waals surface area contributed by atoms with Gasteiger partial charge in [-0.2, -0.15) is 0 Å². The molecule has 6 nitrogen and oxygen atoms in total. The predicted molar refractivity (Wildman–Crippen MR) is 78.0 cm³/mol. The molecule has 0 aliphatic carbocycles. The molecule has 0 aliphatic rings. The highest BCUT2D eigenvalue weighted by Crippen LogP contribution is 2.09. The van der Waals surface area contributed by atoms with E-state index in [0.29, 0.717) is 18.8 Å². The van der Waals surface area contributed by atoms with Crippen LogP contribution in [0.1, 0.15) is 5.56 Å². The molecule has 110 valence electrons. The Morgan fingerprint density at radius 1 is 1.15 bits per heavy atom. The predicted octanol–water partition coefficient (Wildman–Crippen LogP) is 1.48. The van der Waals surface area contributed by atoms with Gasteiger partial charge >= 0.3 is 12.0 Å². The van der Waals surface area contributed by atoms with Crippen LogP contribution in [-0.4, -0.2) is 60.6 Å². The summed E-state index contributed by atoms with van der Waals surface area (Å²) in [4.78, 5) is 26.1. The average molecular weight is 279 g/mol. The third-order valence-electron chi connectivity index (χ3n) is 2.73. The topological polar surface area (TPSA) is 72.9 Å². The second-order valence-corrected chi connectivity index (χ2v) is 4.91. The van der Waals surface area contributed by atoms with Crippen LogP contribution in [0.3, 0.4) is 0 Å². The van der Waals surface area contributed by atoms with E-state index in [1.54, 1.807) is 12.1 Å². The van der Waals surface area contributed by atoms with Crippen LogP contribution in [0.4, 0.5) is 10.5 Å². The Labute approximate surface area is 119 Å². The number of nitrogens with one attached hydrogen (secondary N) is 1.